The Labute approximate surface area is 198 Å². The molecule has 0 heterocycles. The summed E-state index contributed by atoms with van der Waals surface area (Å²) in [5.41, 5.74) is 0. The maximum Gasteiger partial charge on any atom is 0.305 e. The second-order valence-electron chi connectivity index (χ2n) is 8.37. The van der Waals surface area contributed by atoms with Crippen LogP contribution in [0.1, 0.15) is 110 Å². The molecule has 0 amide bonds. The zero-order chi connectivity index (χ0) is 23.5. The Morgan fingerprint density at radius 2 is 1.28 bits per heavy atom. The zero-order valence-electron chi connectivity index (χ0n) is 20.9. The third kappa shape index (κ3) is 23.3. The number of aliphatic hydroxyl groups excluding tert-OH is 1. The molecule has 1 atom stereocenters. The number of esters is 1. The Hall–Kier alpha value is -1.39. The number of unbranched alkanes of at least 4 members (excludes halogenated alkanes) is 10. The molecule has 186 valence electrons. The fourth-order valence-electron chi connectivity index (χ4n) is 3.25. The number of hydrogen-bond acceptors (Lipinski definition) is 4. The van der Waals surface area contributed by atoms with Gasteiger partial charge >= 0.3 is 5.97 Å². The minimum absolute atomic E-state index is 0.186. The van der Waals surface area contributed by atoms with E-state index in [4.69, 9.17) is 9.47 Å². The zero-order valence-corrected chi connectivity index (χ0v) is 20.9. The molecular formula is C28H50O4. The molecule has 0 aromatic rings. The van der Waals surface area contributed by atoms with Gasteiger partial charge in [0, 0.05) is 13.0 Å². The van der Waals surface area contributed by atoms with Gasteiger partial charge in [-0.15, -0.1) is 0 Å². The summed E-state index contributed by atoms with van der Waals surface area (Å²) in [6.07, 6.45) is 30.6. The molecule has 0 bridgehead atoms. The van der Waals surface area contributed by atoms with Crippen molar-refractivity contribution in [1.29, 1.82) is 0 Å². The molecule has 0 spiro atoms. The number of allylic oxidation sites excluding steroid dienone is 6. The van der Waals surface area contributed by atoms with Gasteiger partial charge < -0.3 is 14.6 Å². The smallest absolute Gasteiger partial charge is 0.305 e. The van der Waals surface area contributed by atoms with Crippen LogP contribution in [0.3, 0.4) is 0 Å². The Kier molecular flexibility index (Phi) is 24.7. The van der Waals surface area contributed by atoms with Crippen molar-refractivity contribution in [3.8, 4) is 0 Å². The molecule has 0 aliphatic heterocycles. The van der Waals surface area contributed by atoms with Gasteiger partial charge in [-0.1, -0.05) is 95.2 Å². The summed E-state index contributed by atoms with van der Waals surface area (Å²) in [5, 5.41) is 9.18. The molecule has 4 heteroatoms. The molecule has 1 unspecified atom stereocenters. The van der Waals surface area contributed by atoms with Crippen LogP contribution in [0.15, 0.2) is 36.5 Å². The lowest BCUT2D eigenvalue weighted by Crippen LogP contribution is -2.27. The van der Waals surface area contributed by atoms with Crippen LogP contribution in [0.25, 0.3) is 0 Å². The van der Waals surface area contributed by atoms with Gasteiger partial charge in [0.25, 0.3) is 0 Å². The van der Waals surface area contributed by atoms with Crippen LogP contribution in [0.5, 0.6) is 0 Å². The van der Waals surface area contributed by atoms with E-state index in [2.05, 4.69) is 43.4 Å². The van der Waals surface area contributed by atoms with Crippen LogP contribution in [0.2, 0.25) is 0 Å². The third-order valence-electron chi connectivity index (χ3n) is 5.27. The maximum absolute atomic E-state index is 11.2. The summed E-state index contributed by atoms with van der Waals surface area (Å²) in [6.45, 7) is 4.74. The number of carbonyl (C=O) groups excluding carboxylic acids is 1. The van der Waals surface area contributed by atoms with E-state index >= 15 is 0 Å². The molecular weight excluding hydrogens is 400 g/mol. The molecule has 1 N–H and O–H groups in total. The van der Waals surface area contributed by atoms with Crippen molar-refractivity contribution in [2.24, 2.45) is 0 Å². The topological polar surface area (TPSA) is 55.8 Å². The highest BCUT2D eigenvalue weighted by Gasteiger charge is 2.12. The van der Waals surface area contributed by atoms with Crippen LogP contribution in [-0.2, 0) is 14.3 Å². The molecule has 0 rings (SSSR count). The van der Waals surface area contributed by atoms with Crippen LogP contribution in [0, 0.1) is 0 Å². The normalized spacial score (nSPS) is 13.0. The Morgan fingerprint density at radius 1 is 0.750 bits per heavy atom. The number of hydrogen-bond donors (Lipinski definition) is 1. The van der Waals surface area contributed by atoms with E-state index in [1.807, 2.05) is 0 Å². The second-order valence-corrected chi connectivity index (χ2v) is 8.37. The van der Waals surface area contributed by atoms with Crippen LogP contribution in [-0.4, -0.2) is 37.0 Å². The summed E-state index contributed by atoms with van der Waals surface area (Å²) in [6, 6.07) is 0. The van der Waals surface area contributed by atoms with E-state index < -0.39 is 6.10 Å². The summed E-state index contributed by atoms with van der Waals surface area (Å²) < 4.78 is 10.6. The van der Waals surface area contributed by atoms with Crippen molar-refractivity contribution in [3.05, 3.63) is 36.5 Å². The molecule has 0 saturated heterocycles. The van der Waals surface area contributed by atoms with Crippen molar-refractivity contribution in [3.63, 3.8) is 0 Å². The van der Waals surface area contributed by atoms with Crippen molar-refractivity contribution in [2.75, 3.05) is 19.8 Å². The van der Waals surface area contributed by atoms with Crippen LogP contribution in [0.4, 0.5) is 0 Å². The van der Waals surface area contributed by atoms with Gasteiger partial charge in [-0.05, 0) is 44.9 Å². The first-order valence-corrected chi connectivity index (χ1v) is 13.1. The number of aliphatic hydroxyl groups is 1. The third-order valence-corrected chi connectivity index (χ3v) is 5.27. The van der Waals surface area contributed by atoms with E-state index in [1.54, 1.807) is 6.92 Å². The number of ether oxygens (including phenoxy) is 2. The van der Waals surface area contributed by atoms with Gasteiger partial charge in [-0.25, -0.2) is 0 Å². The molecule has 0 saturated carbocycles. The van der Waals surface area contributed by atoms with Crippen molar-refractivity contribution in [1.82, 2.24) is 0 Å². The van der Waals surface area contributed by atoms with E-state index in [-0.39, 0.29) is 19.2 Å². The van der Waals surface area contributed by atoms with Gasteiger partial charge in [0.1, 0.15) is 6.10 Å². The lowest BCUT2D eigenvalue weighted by atomic mass is 10.1. The predicted molar refractivity (Wildman–Crippen MR) is 136 cm³/mol. The Bertz CT molecular complexity index is 482. The van der Waals surface area contributed by atoms with E-state index in [0.29, 0.717) is 13.0 Å². The standard InChI is InChI=1S/C28H50O4/c1-3-5-6-7-8-9-10-11-12-13-14-15-16-17-18-19-20-21-22-23-24-31-26-27(25-29)32-28(30)4-2/h8-9,11-12,14-15,27,29H,3-7,10,13,16-26H2,1-2H3/b9-8-,12-11-,15-14-. The molecule has 0 aromatic heterocycles. The minimum atomic E-state index is -0.533. The average Bonchev–Trinajstić information content (AvgIpc) is 2.81. The predicted octanol–water partition coefficient (Wildman–Crippen LogP) is 7.47. The van der Waals surface area contributed by atoms with Crippen LogP contribution < -0.4 is 0 Å². The summed E-state index contributed by atoms with van der Waals surface area (Å²) in [5.74, 6) is -0.295. The summed E-state index contributed by atoms with van der Waals surface area (Å²) >= 11 is 0. The number of rotatable bonds is 23. The Morgan fingerprint density at radius 3 is 1.84 bits per heavy atom. The van der Waals surface area contributed by atoms with E-state index in [0.717, 1.165) is 19.3 Å². The van der Waals surface area contributed by atoms with E-state index in [1.165, 1.54) is 70.6 Å². The van der Waals surface area contributed by atoms with Gasteiger partial charge in [-0.3, -0.25) is 4.79 Å². The fraction of sp³-hybridized carbons (Fsp3) is 0.750. The minimum Gasteiger partial charge on any atom is -0.457 e. The van der Waals surface area contributed by atoms with Crippen molar-refractivity contribution >= 4 is 5.97 Å². The lowest BCUT2D eigenvalue weighted by molar-refractivity contribution is -0.154. The SMILES string of the molecule is CCCCC/C=C\C/C=C\C/C=C\CCCCCCCCCOCC(CO)OC(=O)CC. The largest absolute Gasteiger partial charge is 0.457 e. The van der Waals surface area contributed by atoms with E-state index in [9.17, 15) is 9.90 Å². The highest BCUT2D eigenvalue weighted by Crippen LogP contribution is 2.09. The first-order valence-electron chi connectivity index (χ1n) is 13.1. The fourth-order valence-corrected chi connectivity index (χ4v) is 3.25. The van der Waals surface area contributed by atoms with Gasteiger partial charge in [0.15, 0.2) is 0 Å². The molecule has 0 fully saturated rings. The monoisotopic (exact) mass is 450 g/mol. The first kappa shape index (κ1) is 30.6. The molecule has 0 aliphatic rings. The quantitative estimate of drug-likeness (QED) is 0.0996. The molecule has 4 nitrogen and oxygen atoms in total. The highest BCUT2D eigenvalue weighted by atomic mass is 16.6. The average molecular weight is 451 g/mol. The molecule has 0 aliphatic carbocycles. The lowest BCUT2D eigenvalue weighted by Gasteiger charge is -2.15. The second kappa shape index (κ2) is 25.9. The number of carbonyl (C=O) groups is 1. The maximum atomic E-state index is 11.2. The summed E-state index contributed by atoms with van der Waals surface area (Å²) in [7, 11) is 0. The highest BCUT2D eigenvalue weighted by molar-refractivity contribution is 5.69. The summed E-state index contributed by atoms with van der Waals surface area (Å²) in [4.78, 5) is 11.2. The molecule has 0 radical (unpaired) electrons. The van der Waals surface area contributed by atoms with Gasteiger partial charge in [0.2, 0.25) is 0 Å². The van der Waals surface area contributed by atoms with Gasteiger partial charge in [-0.2, -0.15) is 0 Å². The van der Waals surface area contributed by atoms with Gasteiger partial charge in [0.05, 0.1) is 13.2 Å². The Balaban J connectivity index is 3.35. The molecule has 32 heavy (non-hydrogen) atoms. The van der Waals surface area contributed by atoms with Crippen molar-refractivity contribution < 1.29 is 19.4 Å². The molecule has 0 aromatic carbocycles. The first-order chi connectivity index (χ1) is 15.7. The van der Waals surface area contributed by atoms with Crippen LogP contribution >= 0.6 is 0 Å². The van der Waals surface area contributed by atoms with Crippen molar-refractivity contribution in [2.45, 2.75) is 116 Å².